The predicted octanol–water partition coefficient (Wildman–Crippen LogP) is 1.98. The van der Waals surface area contributed by atoms with Crippen molar-refractivity contribution >= 4 is 5.82 Å². The van der Waals surface area contributed by atoms with Gasteiger partial charge in [0.25, 0.3) is 0 Å². The SMILES string of the molecule is COc1cc(NCC2(O)CCCCCC2)ncn1. The first-order chi connectivity index (χ1) is 8.72. The molecule has 1 saturated carbocycles. The Morgan fingerprint density at radius 2 is 2.00 bits per heavy atom. The molecule has 0 aromatic carbocycles. The smallest absolute Gasteiger partial charge is 0.218 e. The predicted molar refractivity (Wildman–Crippen MR) is 69.7 cm³/mol. The molecule has 5 heteroatoms. The van der Waals surface area contributed by atoms with Crippen LogP contribution in [0.5, 0.6) is 5.88 Å². The van der Waals surface area contributed by atoms with Crippen LogP contribution in [0.15, 0.2) is 12.4 Å². The molecule has 0 atom stereocenters. The normalized spacial score (nSPS) is 19.0. The van der Waals surface area contributed by atoms with E-state index in [4.69, 9.17) is 4.74 Å². The summed E-state index contributed by atoms with van der Waals surface area (Å²) in [5, 5.41) is 13.7. The highest BCUT2D eigenvalue weighted by Crippen LogP contribution is 2.27. The molecule has 2 N–H and O–H groups in total. The zero-order valence-electron chi connectivity index (χ0n) is 10.9. The fourth-order valence-corrected chi connectivity index (χ4v) is 2.37. The third kappa shape index (κ3) is 3.57. The van der Waals surface area contributed by atoms with E-state index >= 15 is 0 Å². The van der Waals surface area contributed by atoms with E-state index in [1.807, 2.05) is 0 Å². The van der Waals surface area contributed by atoms with Gasteiger partial charge in [0, 0.05) is 12.6 Å². The largest absolute Gasteiger partial charge is 0.481 e. The van der Waals surface area contributed by atoms with Gasteiger partial charge in [-0.05, 0) is 12.8 Å². The van der Waals surface area contributed by atoms with Gasteiger partial charge in [0.15, 0.2) is 0 Å². The molecule has 0 saturated heterocycles. The van der Waals surface area contributed by atoms with Gasteiger partial charge in [0.2, 0.25) is 5.88 Å². The Bertz CT molecular complexity index is 376. The lowest BCUT2D eigenvalue weighted by Gasteiger charge is -2.27. The monoisotopic (exact) mass is 251 g/mol. The molecule has 0 aliphatic heterocycles. The highest BCUT2D eigenvalue weighted by Gasteiger charge is 2.27. The van der Waals surface area contributed by atoms with Crippen LogP contribution in [-0.4, -0.2) is 34.3 Å². The Morgan fingerprint density at radius 3 is 2.67 bits per heavy atom. The highest BCUT2D eigenvalue weighted by atomic mass is 16.5. The second-order valence-corrected chi connectivity index (χ2v) is 4.94. The van der Waals surface area contributed by atoms with Crippen molar-refractivity contribution in [2.75, 3.05) is 19.0 Å². The molecule has 0 unspecified atom stereocenters. The van der Waals surface area contributed by atoms with Crippen molar-refractivity contribution in [3.8, 4) is 5.88 Å². The first-order valence-corrected chi connectivity index (χ1v) is 6.54. The van der Waals surface area contributed by atoms with Gasteiger partial charge in [-0.2, -0.15) is 0 Å². The Labute approximate surface area is 108 Å². The average molecular weight is 251 g/mol. The van der Waals surface area contributed by atoms with Gasteiger partial charge in [-0.15, -0.1) is 0 Å². The van der Waals surface area contributed by atoms with Crippen LogP contribution >= 0.6 is 0 Å². The van der Waals surface area contributed by atoms with Crippen LogP contribution in [0.3, 0.4) is 0 Å². The molecule has 1 fully saturated rings. The van der Waals surface area contributed by atoms with Crippen molar-refractivity contribution in [3.63, 3.8) is 0 Å². The molecule has 18 heavy (non-hydrogen) atoms. The van der Waals surface area contributed by atoms with Crippen molar-refractivity contribution in [1.29, 1.82) is 0 Å². The van der Waals surface area contributed by atoms with Gasteiger partial charge in [-0.3, -0.25) is 0 Å². The molecule has 1 aromatic rings. The Morgan fingerprint density at radius 1 is 1.28 bits per heavy atom. The number of hydrogen-bond donors (Lipinski definition) is 2. The number of rotatable bonds is 4. The Balaban J connectivity index is 1.92. The Kier molecular flexibility index (Phi) is 4.36. The van der Waals surface area contributed by atoms with E-state index in [0.29, 0.717) is 18.2 Å². The van der Waals surface area contributed by atoms with Crippen LogP contribution in [0.2, 0.25) is 0 Å². The number of hydrogen-bond acceptors (Lipinski definition) is 5. The van der Waals surface area contributed by atoms with Gasteiger partial charge in [0.05, 0.1) is 12.7 Å². The third-order valence-corrected chi connectivity index (χ3v) is 3.48. The number of methoxy groups -OCH3 is 1. The number of anilines is 1. The minimum Gasteiger partial charge on any atom is -0.481 e. The first-order valence-electron chi connectivity index (χ1n) is 6.54. The van der Waals surface area contributed by atoms with Gasteiger partial charge in [-0.25, -0.2) is 9.97 Å². The van der Waals surface area contributed by atoms with Crippen molar-refractivity contribution < 1.29 is 9.84 Å². The summed E-state index contributed by atoms with van der Waals surface area (Å²) >= 11 is 0. The zero-order valence-corrected chi connectivity index (χ0v) is 10.9. The highest BCUT2D eigenvalue weighted by molar-refractivity contribution is 5.37. The maximum Gasteiger partial charge on any atom is 0.218 e. The summed E-state index contributed by atoms with van der Waals surface area (Å²) in [6.07, 6.45) is 7.84. The summed E-state index contributed by atoms with van der Waals surface area (Å²) < 4.78 is 5.04. The minimum absolute atomic E-state index is 0.528. The van der Waals surface area contributed by atoms with Crippen LogP contribution in [-0.2, 0) is 0 Å². The fourth-order valence-electron chi connectivity index (χ4n) is 2.37. The van der Waals surface area contributed by atoms with Crippen molar-refractivity contribution in [1.82, 2.24) is 9.97 Å². The maximum absolute atomic E-state index is 10.5. The minimum atomic E-state index is -0.602. The summed E-state index contributed by atoms with van der Waals surface area (Å²) in [6.45, 7) is 0.535. The molecule has 1 aliphatic carbocycles. The second kappa shape index (κ2) is 6.00. The maximum atomic E-state index is 10.5. The number of aliphatic hydroxyl groups is 1. The number of nitrogens with zero attached hydrogens (tertiary/aromatic N) is 2. The number of ether oxygens (including phenoxy) is 1. The van der Waals surface area contributed by atoms with E-state index in [0.717, 1.165) is 25.7 Å². The third-order valence-electron chi connectivity index (χ3n) is 3.48. The van der Waals surface area contributed by atoms with Gasteiger partial charge < -0.3 is 15.2 Å². The molecule has 0 amide bonds. The van der Waals surface area contributed by atoms with Gasteiger partial charge >= 0.3 is 0 Å². The lowest BCUT2D eigenvalue weighted by atomic mass is 9.94. The summed E-state index contributed by atoms with van der Waals surface area (Å²) in [5.41, 5.74) is -0.602. The average Bonchev–Trinajstić information content (AvgIpc) is 2.62. The summed E-state index contributed by atoms with van der Waals surface area (Å²) in [6, 6.07) is 1.74. The van der Waals surface area contributed by atoms with Crippen LogP contribution in [0.1, 0.15) is 38.5 Å². The number of aromatic nitrogens is 2. The van der Waals surface area contributed by atoms with Crippen molar-refractivity contribution in [2.24, 2.45) is 0 Å². The standard InChI is InChI=1S/C13H21N3O2/c1-18-12-8-11(15-10-16-12)14-9-13(17)6-4-2-3-5-7-13/h8,10,17H,2-7,9H2,1H3,(H,14,15,16). The van der Waals surface area contributed by atoms with Crippen LogP contribution in [0, 0.1) is 0 Å². The van der Waals surface area contributed by atoms with E-state index in [-0.39, 0.29) is 0 Å². The van der Waals surface area contributed by atoms with Gasteiger partial charge in [0.1, 0.15) is 12.1 Å². The molecule has 1 aromatic heterocycles. The molecule has 1 heterocycles. The van der Waals surface area contributed by atoms with E-state index in [2.05, 4.69) is 15.3 Å². The summed E-state index contributed by atoms with van der Waals surface area (Å²) in [5.74, 6) is 1.22. The van der Waals surface area contributed by atoms with E-state index in [1.54, 1.807) is 13.2 Å². The molecule has 0 radical (unpaired) electrons. The fraction of sp³-hybridized carbons (Fsp3) is 0.692. The number of nitrogens with one attached hydrogen (secondary N) is 1. The lowest BCUT2D eigenvalue weighted by molar-refractivity contribution is 0.0380. The molecule has 100 valence electrons. The van der Waals surface area contributed by atoms with Crippen LogP contribution < -0.4 is 10.1 Å². The summed E-state index contributed by atoms with van der Waals surface area (Å²) in [4.78, 5) is 8.06. The quantitative estimate of drug-likeness (QED) is 0.801. The molecular formula is C13H21N3O2. The van der Waals surface area contributed by atoms with E-state index in [1.165, 1.54) is 19.2 Å². The van der Waals surface area contributed by atoms with Crippen LogP contribution in [0.25, 0.3) is 0 Å². The van der Waals surface area contributed by atoms with E-state index in [9.17, 15) is 5.11 Å². The second-order valence-electron chi connectivity index (χ2n) is 4.94. The van der Waals surface area contributed by atoms with Crippen molar-refractivity contribution in [3.05, 3.63) is 12.4 Å². The molecule has 5 nitrogen and oxygen atoms in total. The summed E-state index contributed by atoms with van der Waals surface area (Å²) in [7, 11) is 1.57. The van der Waals surface area contributed by atoms with Crippen LogP contribution in [0.4, 0.5) is 5.82 Å². The van der Waals surface area contributed by atoms with E-state index < -0.39 is 5.60 Å². The molecular weight excluding hydrogens is 230 g/mol. The lowest BCUT2D eigenvalue weighted by Crippen LogP contribution is -2.36. The Hall–Kier alpha value is -1.36. The zero-order chi connectivity index (χ0) is 12.8. The van der Waals surface area contributed by atoms with Gasteiger partial charge in [-0.1, -0.05) is 25.7 Å². The molecule has 1 aliphatic rings. The molecule has 0 bridgehead atoms. The van der Waals surface area contributed by atoms with Crippen molar-refractivity contribution in [2.45, 2.75) is 44.1 Å². The topological polar surface area (TPSA) is 67.3 Å². The molecule has 0 spiro atoms. The molecule has 2 rings (SSSR count). The first kappa shape index (κ1) is 13.1.